The number of carbonyl (C=O) groups is 2. The Hall–Kier alpha value is -2.96. The van der Waals surface area contributed by atoms with Crippen LogP contribution in [0.1, 0.15) is 44.1 Å². The molecule has 0 aliphatic carbocycles. The van der Waals surface area contributed by atoms with Crippen molar-refractivity contribution in [2.24, 2.45) is 5.41 Å². The van der Waals surface area contributed by atoms with Crippen LogP contribution in [-0.2, 0) is 0 Å². The van der Waals surface area contributed by atoms with Gasteiger partial charge in [0, 0.05) is 25.7 Å². The molecule has 0 saturated carbocycles. The van der Waals surface area contributed by atoms with Crippen molar-refractivity contribution >= 4 is 29.1 Å². The first-order chi connectivity index (χ1) is 13.3. The molecule has 0 aromatic carbocycles. The number of aromatic nitrogens is 2. The molecule has 4 heterocycles. The standard InChI is InChI=1S/C21H25N5O2/c1-21(2,3)12-17(27)15-7-8-16-19(23-15)26(14-9-11-25(16)13-14)20(28)24-18-6-4-5-10-22-18/h4-8,10,14H,9,11-13H2,1-3H3,(H,22,24,28)/t14-/m0/s1. The fourth-order valence-electron chi connectivity index (χ4n) is 3.81. The number of urea groups is 1. The van der Waals surface area contributed by atoms with Gasteiger partial charge in [0.1, 0.15) is 11.5 Å². The van der Waals surface area contributed by atoms with Crippen molar-refractivity contribution in [2.75, 3.05) is 28.2 Å². The summed E-state index contributed by atoms with van der Waals surface area (Å²) in [5.41, 5.74) is 1.19. The molecule has 4 rings (SSSR count). The minimum absolute atomic E-state index is 0.00620. The van der Waals surface area contributed by atoms with Gasteiger partial charge in [-0.15, -0.1) is 0 Å². The zero-order valence-electron chi connectivity index (χ0n) is 16.5. The molecule has 2 aliphatic rings. The zero-order valence-corrected chi connectivity index (χ0v) is 16.5. The number of nitrogens with zero attached hydrogens (tertiary/aromatic N) is 4. The average Bonchev–Trinajstić information content (AvgIpc) is 3.05. The Kier molecular flexibility index (Phi) is 4.53. The number of fused-ring (bicyclic) bond motifs is 4. The van der Waals surface area contributed by atoms with Crippen LogP contribution in [0.4, 0.5) is 22.1 Å². The summed E-state index contributed by atoms with van der Waals surface area (Å²) in [6.07, 6.45) is 2.92. The first-order valence-corrected chi connectivity index (χ1v) is 9.62. The van der Waals surface area contributed by atoms with Gasteiger partial charge in [0.2, 0.25) is 0 Å². The highest BCUT2D eigenvalue weighted by Crippen LogP contribution is 2.39. The highest BCUT2D eigenvalue weighted by molar-refractivity contribution is 6.05. The van der Waals surface area contributed by atoms with Crippen LogP contribution in [0.5, 0.6) is 0 Å². The summed E-state index contributed by atoms with van der Waals surface area (Å²) in [7, 11) is 0. The SMILES string of the molecule is CC(C)(C)CC(=O)c1ccc2c(n1)N(C(=O)Nc1ccccn1)[C@H]1CCN2C1. The van der Waals surface area contributed by atoms with E-state index in [1.165, 1.54) is 0 Å². The molecule has 2 aromatic heterocycles. The number of Topliss-reactive ketones (excluding diaryl/α,β-unsaturated/α-hetero) is 1. The monoisotopic (exact) mass is 379 g/mol. The van der Waals surface area contributed by atoms with E-state index in [4.69, 9.17) is 0 Å². The number of carbonyl (C=O) groups excluding carboxylic acids is 2. The Labute approximate surface area is 164 Å². The highest BCUT2D eigenvalue weighted by Gasteiger charge is 2.40. The van der Waals surface area contributed by atoms with E-state index < -0.39 is 0 Å². The molecule has 2 aliphatic heterocycles. The smallest absolute Gasteiger partial charge is 0.329 e. The van der Waals surface area contributed by atoms with E-state index in [0.717, 1.165) is 25.2 Å². The molecule has 0 unspecified atom stereocenters. The first kappa shape index (κ1) is 18.4. The number of nitrogens with one attached hydrogen (secondary N) is 1. The fourth-order valence-corrected chi connectivity index (χ4v) is 3.81. The topological polar surface area (TPSA) is 78.4 Å². The van der Waals surface area contributed by atoms with E-state index >= 15 is 0 Å². The summed E-state index contributed by atoms with van der Waals surface area (Å²) in [6, 6.07) is 8.85. The van der Waals surface area contributed by atoms with Gasteiger partial charge in [-0.1, -0.05) is 26.8 Å². The van der Waals surface area contributed by atoms with Crippen molar-refractivity contribution in [3.63, 3.8) is 0 Å². The zero-order chi connectivity index (χ0) is 19.9. The van der Waals surface area contributed by atoms with E-state index in [0.29, 0.717) is 23.8 Å². The Bertz CT molecular complexity index is 907. The number of anilines is 3. The maximum atomic E-state index is 13.1. The summed E-state index contributed by atoms with van der Waals surface area (Å²) >= 11 is 0. The second kappa shape index (κ2) is 6.89. The second-order valence-corrected chi connectivity index (χ2v) is 8.60. The van der Waals surface area contributed by atoms with E-state index in [1.54, 1.807) is 29.3 Å². The molecule has 1 fully saturated rings. The summed E-state index contributed by atoms with van der Waals surface area (Å²) in [6.45, 7) is 7.74. The molecule has 28 heavy (non-hydrogen) atoms. The van der Waals surface area contributed by atoms with Crippen LogP contribution >= 0.6 is 0 Å². The predicted octanol–water partition coefficient (Wildman–Crippen LogP) is 3.73. The Morgan fingerprint density at radius 3 is 2.75 bits per heavy atom. The molecule has 2 aromatic rings. The Balaban J connectivity index is 1.67. The van der Waals surface area contributed by atoms with Crippen LogP contribution in [0.2, 0.25) is 0 Å². The lowest BCUT2D eigenvalue weighted by molar-refractivity contribution is 0.0935. The normalized spacial score (nSPS) is 18.0. The molecular weight excluding hydrogens is 354 g/mol. The van der Waals surface area contributed by atoms with Gasteiger partial charge in [-0.25, -0.2) is 14.8 Å². The lowest BCUT2D eigenvalue weighted by Gasteiger charge is -2.35. The molecule has 146 valence electrons. The van der Waals surface area contributed by atoms with Crippen molar-refractivity contribution in [3.05, 3.63) is 42.2 Å². The molecule has 2 bridgehead atoms. The maximum Gasteiger partial charge on any atom is 0.329 e. The van der Waals surface area contributed by atoms with Gasteiger partial charge in [0.25, 0.3) is 0 Å². The fraction of sp³-hybridized carbons (Fsp3) is 0.429. The number of ketones is 1. The van der Waals surface area contributed by atoms with Crippen molar-refractivity contribution < 1.29 is 9.59 Å². The predicted molar refractivity (Wildman–Crippen MR) is 109 cm³/mol. The largest absolute Gasteiger partial charge is 0.366 e. The number of rotatable bonds is 3. The molecule has 1 atom stereocenters. The van der Waals surface area contributed by atoms with E-state index in [2.05, 4.69) is 20.2 Å². The number of amides is 2. The van der Waals surface area contributed by atoms with Gasteiger partial charge >= 0.3 is 6.03 Å². The average molecular weight is 379 g/mol. The maximum absolute atomic E-state index is 13.1. The van der Waals surface area contributed by atoms with E-state index in [9.17, 15) is 9.59 Å². The van der Waals surface area contributed by atoms with Crippen molar-refractivity contribution in [3.8, 4) is 0 Å². The molecule has 7 heteroatoms. The van der Waals surface area contributed by atoms with E-state index in [1.807, 2.05) is 32.9 Å². The van der Waals surface area contributed by atoms with Gasteiger partial charge in [-0.05, 0) is 36.1 Å². The van der Waals surface area contributed by atoms with Crippen LogP contribution in [0.15, 0.2) is 36.5 Å². The lowest BCUT2D eigenvalue weighted by Crippen LogP contribution is -2.48. The van der Waals surface area contributed by atoms with Gasteiger partial charge in [-0.2, -0.15) is 0 Å². The van der Waals surface area contributed by atoms with Crippen LogP contribution in [0, 0.1) is 5.41 Å². The number of hydrogen-bond donors (Lipinski definition) is 1. The molecule has 1 N–H and O–H groups in total. The molecule has 0 radical (unpaired) electrons. The Morgan fingerprint density at radius 2 is 2.04 bits per heavy atom. The van der Waals surface area contributed by atoms with Gasteiger partial charge in [-0.3, -0.25) is 15.0 Å². The molecule has 1 saturated heterocycles. The molecule has 2 amide bonds. The van der Waals surface area contributed by atoms with Gasteiger partial charge in [0.05, 0.1) is 11.7 Å². The molecule has 7 nitrogen and oxygen atoms in total. The van der Waals surface area contributed by atoms with Crippen LogP contribution < -0.4 is 15.1 Å². The van der Waals surface area contributed by atoms with Gasteiger partial charge < -0.3 is 4.90 Å². The quantitative estimate of drug-likeness (QED) is 0.822. The van der Waals surface area contributed by atoms with Crippen LogP contribution in [-0.4, -0.2) is 40.9 Å². The third-order valence-electron chi connectivity index (χ3n) is 5.05. The summed E-state index contributed by atoms with van der Waals surface area (Å²) in [5, 5.41) is 2.85. The van der Waals surface area contributed by atoms with Crippen molar-refractivity contribution in [1.82, 2.24) is 9.97 Å². The Morgan fingerprint density at radius 1 is 1.21 bits per heavy atom. The highest BCUT2D eigenvalue weighted by atomic mass is 16.2. The molecule has 0 spiro atoms. The number of hydrogen-bond acceptors (Lipinski definition) is 5. The van der Waals surface area contributed by atoms with Gasteiger partial charge in [0.15, 0.2) is 11.6 Å². The first-order valence-electron chi connectivity index (χ1n) is 9.62. The second-order valence-electron chi connectivity index (χ2n) is 8.60. The van der Waals surface area contributed by atoms with Crippen LogP contribution in [0.25, 0.3) is 0 Å². The third-order valence-corrected chi connectivity index (χ3v) is 5.05. The summed E-state index contributed by atoms with van der Waals surface area (Å²) in [5.74, 6) is 1.05. The summed E-state index contributed by atoms with van der Waals surface area (Å²) in [4.78, 5) is 38.5. The van der Waals surface area contributed by atoms with Crippen LogP contribution in [0.3, 0.4) is 0 Å². The minimum atomic E-state index is -0.264. The van der Waals surface area contributed by atoms with Crippen molar-refractivity contribution in [1.29, 1.82) is 0 Å². The molecular formula is C21H25N5O2. The third kappa shape index (κ3) is 3.56. The summed E-state index contributed by atoms with van der Waals surface area (Å²) < 4.78 is 0. The minimum Gasteiger partial charge on any atom is -0.366 e. The lowest BCUT2D eigenvalue weighted by atomic mass is 9.89. The van der Waals surface area contributed by atoms with Crippen molar-refractivity contribution in [2.45, 2.75) is 39.7 Å². The van der Waals surface area contributed by atoms with E-state index in [-0.39, 0.29) is 23.3 Å². The number of pyridine rings is 2.